The highest BCUT2D eigenvalue weighted by Gasteiger charge is 2.30. The molecule has 1 saturated heterocycles. The van der Waals surface area contributed by atoms with Gasteiger partial charge in [0.05, 0.1) is 10.8 Å². The zero-order valence-corrected chi connectivity index (χ0v) is 16.4. The van der Waals surface area contributed by atoms with Crippen LogP contribution in [0, 0.1) is 5.92 Å². The SMILES string of the molecule is CC(C)(C)c1ccccc1NC(=O)C1CCCN(C(=O)c2cccs2)C1. The van der Waals surface area contributed by atoms with Gasteiger partial charge in [-0.2, -0.15) is 0 Å². The first kappa shape index (κ1) is 18.6. The van der Waals surface area contributed by atoms with Crippen molar-refractivity contribution in [1.29, 1.82) is 0 Å². The van der Waals surface area contributed by atoms with Crippen molar-refractivity contribution in [2.24, 2.45) is 5.92 Å². The molecular formula is C21H26N2O2S. The van der Waals surface area contributed by atoms with Crippen LogP contribution in [0.5, 0.6) is 0 Å². The van der Waals surface area contributed by atoms with Crippen molar-refractivity contribution in [2.75, 3.05) is 18.4 Å². The summed E-state index contributed by atoms with van der Waals surface area (Å²) < 4.78 is 0. The third kappa shape index (κ3) is 4.15. The number of para-hydroxylation sites is 1. The molecular weight excluding hydrogens is 344 g/mol. The topological polar surface area (TPSA) is 49.4 Å². The van der Waals surface area contributed by atoms with Crippen molar-refractivity contribution in [2.45, 2.75) is 39.0 Å². The van der Waals surface area contributed by atoms with Gasteiger partial charge in [0.25, 0.3) is 5.91 Å². The maximum Gasteiger partial charge on any atom is 0.263 e. The Hall–Kier alpha value is -2.14. The highest BCUT2D eigenvalue weighted by Crippen LogP contribution is 2.30. The van der Waals surface area contributed by atoms with Crippen LogP contribution in [0.1, 0.15) is 48.8 Å². The van der Waals surface area contributed by atoms with Gasteiger partial charge in [0.2, 0.25) is 5.91 Å². The molecule has 0 bridgehead atoms. The predicted octanol–water partition coefficient (Wildman–Crippen LogP) is 4.54. The van der Waals surface area contributed by atoms with E-state index in [0.29, 0.717) is 6.54 Å². The van der Waals surface area contributed by atoms with Gasteiger partial charge in [-0.15, -0.1) is 11.3 Å². The van der Waals surface area contributed by atoms with E-state index in [1.165, 1.54) is 11.3 Å². The fourth-order valence-electron chi connectivity index (χ4n) is 3.41. The van der Waals surface area contributed by atoms with Crippen molar-refractivity contribution in [1.82, 2.24) is 4.90 Å². The normalized spacial score (nSPS) is 17.8. The summed E-state index contributed by atoms with van der Waals surface area (Å²) in [4.78, 5) is 28.0. The number of thiophene rings is 1. The number of likely N-dealkylation sites (tertiary alicyclic amines) is 1. The van der Waals surface area contributed by atoms with E-state index in [4.69, 9.17) is 0 Å². The minimum atomic E-state index is -0.166. The summed E-state index contributed by atoms with van der Waals surface area (Å²) in [7, 11) is 0. The number of benzene rings is 1. The molecule has 0 aliphatic carbocycles. The molecule has 0 radical (unpaired) electrons. The van der Waals surface area contributed by atoms with Crippen molar-refractivity contribution >= 4 is 28.8 Å². The first-order valence-electron chi connectivity index (χ1n) is 9.09. The second-order valence-electron chi connectivity index (χ2n) is 7.85. The Morgan fingerprint density at radius 2 is 1.92 bits per heavy atom. The van der Waals surface area contributed by atoms with Gasteiger partial charge in [0, 0.05) is 18.8 Å². The maximum absolute atomic E-state index is 12.9. The van der Waals surface area contributed by atoms with Gasteiger partial charge < -0.3 is 10.2 Å². The first-order chi connectivity index (χ1) is 12.4. The monoisotopic (exact) mass is 370 g/mol. The van der Waals surface area contributed by atoms with Crippen LogP contribution in [-0.4, -0.2) is 29.8 Å². The minimum Gasteiger partial charge on any atom is -0.337 e. The van der Waals surface area contributed by atoms with E-state index in [1.54, 1.807) is 0 Å². The van der Waals surface area contributed by atoms with Crippen LogP contribution in [0.2, 0.25) is 0 Å². The van der Waals surface area contributed by atoms with Crippen LogP contribution in [0.4, 0.5) is 5.69 Å². The van der Waals surface area contributed by atoms with E-state index in [-0.39, 0.29) is 23.1 Å². The number of nitrogens with zero attached hydrogens (tertiary/aromatic N) is 1. The second-order valence-corrected chi connectivity index (χ2v) is 8.80. The first-order valence-corrected chi connectivity index (χ1v) is 9.97. The third-order valence-corrected chi connectivity index (χ3v) is 5.66. The lowest BCUT2D eigenvalue weighted by molar-refractivity contribution is -0.121. The molecule has 2 heterocycles. The number of nitrogens with one attached hydrogen (secondary N) is 1. The van der Waals surface area contributed by atoms with E-state index in [0.717, 1.165) is 35.5 Å². The quantitative estimate of drug-likeness (QED) is 0.862. The van der Waals surface area contributed by atoms with E-state index >= 15 is 0 Å². The molecule has 2 amide bonds. The molecule has 1 atom stereocenters. The Balaban J connectivity index is 1.70. The Bertz CT molecular complexity index is 778. The average Bonchev–Trinajstić information content (AvgIpc) is 3.15. The van der Waals surface area contributed by atoms with Crippen LogP contribution < -0.4 is 5.32 Å². The number of rotatable bonds is 3. The number of piperidine rings is 1. The summed E-state index contributed by atoms with van der Waals surface area (Å²) in [6.07, 6.45) is 1.67. The van der Waals surface area contributed by atoms with Crippen LogP contribution in [0.25, 0.3) is 0 Å². The van der Waals surface area contributed by atoms with Crippen molar-refractivity contribution in [3.05, 3.63) is 52.2 Å². The average molecular weight is 371 g/mol. The van der Waals surface area contributed by atoms with E-state index in [1.807, 2.05) is 40.6 Å². The van der Waals surface area contributed by atoms with Crippen molar-refractivity contribution < 1.29 is 9.59 Å². The van der Waals surface area contributed by atoms with Gasteiger partial charge in [-0.05, 0) is 41.3 Å². The lowest BCUT2D eigenvalue weighted by Gasteiger charge is -2.32. The van der Waals surface area contributed by atoms with Gasteiger partial charge in [-0.3, -0.25) is 9.59 Å². The van der Waals surface area contributed by atoms with Gasteiger partial charge in [-0.25, -0.2) is 0 Å². The predicted molar refractivity (Wildman–Crippen MR) is 107 cm³/mol. The van der Waals surface area contributed by atoms with Gasteiger partial charge in [0.1, 0.15) is 0 Å². The molecule has 0 saturated carbocycles. The maximum atomic E-state index is 12.9. The molecule has 1 N–H and O–H groups in total. The zero-order valence-electron chi connectivity index (χ0n) is 15.6. The van der Waals surface area contributed by atoms with Crippen molar-refractivity contribution in [3.8, 4) is 0 Å². The molecule has 1 aliphatic heterocycles. The fourth-order valence-corrected chi connectivity index (χ4v) is 4.10. The molecule has 1 fully saturated rings. The Morgan fingerprint density at radius 3 is 2.62 bits per heavy atom. The standard InChI is InChI=1S/C21H26N2O2S/c1-21(2,3)16-9-4-5-10-17(16)22-19(24)15-8-6-12-23(14-15)20(25)18-11-7-13-26-18/h4-5,7,9-11,13,15H,6,8,12,14H2,1-3H3,(H,22,24). The summed E-state index contributed by atoms with van der Waals surface area (Å²) in [5.74, 6) is -0.126. The number of carbonyl (C=O) groups is 2. The van der Waals surface area contributed by atoms with Gasteiger partial charge >= 0.3 is 0 Å². The molecule has 1 aliphatic rings. The summed E-state index contributed by atoms with van der Waals surface area (Å²) in [6, 6.07) is 11.7. The largest absolute Gasteiger partial charge is 0.337 e. The molecule has 0 spiro atoms. The zero-order chi connectivity index (χ0) is 18.7. The van der Waals surface area contributed by atoms with Crippen LogP contribution in [0.3, 0.4) is 0 Å². The number of hydrogen-bond donors (Lipinski definition) is 1. The molecule has 1 unspecified atom stereocenters. The molecule has 138 valence electrons. The van der Waals surface area contributed by atoms with Crippen molar-refractivity contribution in [3.63, 3.8) is 0 Å². The number of carbonyl (C=O) groups excluding carboxylic acids is 2. The molecule has 1 aromatic heterocycles. The van der Waals surface area contributed by atoms with Gasteiger partial charge in [0.15, 0.2) is 0 Å². The summed E-state index contributed by atoms with van der Waals surface area (Å²) in [5.41, 5.74) is 1.94. The number of amides is 2. The molecule has 26 heavy (non-hydrogen) atoms. The minimum absolute atomic E-state index is 0.00498. The Kier molecular flexibility index (Phi) is 5.47. The van der Waals surface area contributed by atoms with Crippen LogP contribution in [0.15, 0.2) is 41.8 Å². The van der Waals surface area contributed by atoms with Gasteiger partial charge in [-0.1, -0.05) is 45.0 Å². The highest BCUT2D eigenvalue weighted by atomic mass is 32.1. The smallest absolute Gasteiger partial charge is 0.263 e. The second kappa shape index (κ2) is 7.62. The van der Waals surface area contributed by atoms with Crippen LogP contribution >= 0.6 is 11.3 Å². The fraction of sp³-hybridized carbons (Fsp3) is 0.429. The number of anilines is 1. The van der Waals surface area contributed by atoms with E-state index in [9.17, 15) is 9.59 Å². The van der Waals surface area contributed by atoms with E-state index in [2.05, 4.69) is 32.2 Å². The summed E-state index contributed by atoms with van der Waals surface area (Å²) in [6.45, 7) is 7.62. The Labute approximate surface area is 159 Å². The summed E-state index contributed by atoms with van der Waals surface area (Å²) >= 11 is 1.45. The lowest BCUT2D eigenvalue weighted by atomic mass is 9.85. The number of hydrogen-bond acceptors (Lipinski definition) is 3. The Morgan fingerprint density at radius 1 is 1.15 bits per heavy atom. The molecule has 2 aromatic rings. The lowest BCUT2D eigenvalue weighted by Crippen LogP contribution is -2.43. The van der Waals surface area contributed by atoms with E-state index < -0.39 is 0 Å². The molecule has 3 rings (SSSR count). The summed E-state index contributed by atoms with van der Waals surface area (Å²) in [5, 5.41) is 5.01. The third-order valence-electron chi connectivity index (χ3n) is 4.80. The molecule has 5 heteroatoms. The molecule has 4 nitrogen and oxygen atoms in total. The highest BCUT2D eigenvalue weighted by molar-refractivity contribution is 7.12. The molecule has 1 aromatic carbocycles. The van der Waals surface area contributed by atoms with Crippen LogP contribution in [-0.2, 0) is 10.2 Å².